The average molecular weight is 410 g/mol. The number of rotatable bonds is 9. The van der Waals surface area contributed by atoms with Gasteiger partial charge in [-0.15, -0.1) is 11.8 Å². The van der Waals surface area contributed by atoms with Crippen LogP contribution < -0.4 is 14.8 Å². The number of amides is 1. The lowest BCUT2D eigenvalue weighted by atomic mass is 10.2. The Balaban J connectivity index is 1.56. The van der Waals surface area contributed by atoms with Crippen LogP contribution >= 0.6 is 27.7 Å². The first-order valence-corrected chi connectivity index (χ1v) is 9.48. The molecule has 0 aromatic heterocycles. The van der Waals surface area contributed by atoms with E-state index in [0.717, 1.165) is 21.7 Å². The van der Waals surface area contributed by atoms with Crippen molar-refractivity contribution in [3.8, 4) is 11.5 Å². The molecule has 4 nitrogen and oxygen atoms in total. The predicted molar refractivity (Wildman–Crippen MR) is 102 cm³/mol. The molecular formula is C18H20BrNO3S. The van der Waals surface area contributed by atoms with Crippen molar-refractivity contribution in [3.63, 3.8) is 0 Å². The Labute approximate surface area is 155 Å². The Kier molecular flexibility index (Phi) is 7.98. The Morgan fingerprint density at radius 1 is 1.08 bits per heavy atom. The van der Waals surface area contributed by atoms with E-state index in [9.17, 15) is 4.79 Å². The first kappa shape index (κ1) is 18.7. The maximum absolute atomic E-state index is 11.8. The molecule has 0 aliphatic rings. The number of nitrogens with one attached hydrogen (secondary N) is 1. The monoisotopic (exact) mass is 409 g/mol. The summed E-state index contributed by atoms with van der Waals surface area (Å²) in [6.45, 7) is 0.930. The van der Waals surface area contributed by atoms with Crippen LogP contribution in [0.25, 0.3) is 0 Å². The van der Waals surface area contributed by atoms with Crippen LogP contribution in [0, 0.1) is 0 Å². The van der Waals surface area contributed by atoms with Gasteiger partial charge in [0.15, 0.2) is 0 Å². The van der Waals surface area contributed by atoms with Crippen molar-refractivity contribution >= 4 is 33.6 Å². The molecule has 0 heterocycles. The maximum atomic E-state index is 11.8. The van der Waals surface area contributed by atoms with Crippen molar-refractivity contribution in [3.05, 3.63) is 58.6 Å². The molecule has 2 rings (SSSR count). The van der Waals surface area contributed by atoms with Crippen molar-refractivity contribution in [1.82, 2.24) is 5.32 Å². The van der Waals surface area contributed by atoms with Crippen molar-refractivity contribution in [1.29, 1.82) is 0 Å². The Morgan fingerprint density at radius 3 is 2.42 bits per heavy atom. The van der Waals surface area contributed by atoms with Crippen LogP contribution in [0.15, 0.2) is 53.0 Å². The fraction of sp³-hybridized carbons (Fsp3) is 0.278. The van der Waals surface area contributed by atoms with Crippen LogP contribution in [-0.4, -0.2) is 31.9 Å². The zero-order valence-electron chi connectivity index (χ0n) is 13.5. The van der Waals surface area contributed by atoms with E-state index in [1.54, 1.807) is 18.9 Å². The number of carbonyl (C=O) groups is 1. The molecule has 0 aliphatic heterocycles. The second kappa shape index (κ2) is 10.3. The van der Waals surface area contributed by atoms with E-state index < -0.39 is 0 Å². The van der Waals surface area contributed by atoms with Gasteiger partial charge in [0.25, 0.3) is 0 Å². The number of carbonyl (C=O) groups excluding carboxylic acids is 1. The molecule has 0 fully saturated rings. The summed E-state index contributed by atoms with van der Waals surface area (Å²) >= 11 is 5.00. The Bertz CT molecular complexity index is 632. The highest BCUT2D eigenvalue weighted by Gasteiger charge is 2.02. The van der Waals surface area contributed by atoms with E-state index in [0.29, 0.717) is 18.9 Å². The first-order chi connectivity index (χ1) is 11.7. The summed E-state index contributed by atoms with van der Waals surface area (Å²) in [5.74, 6) is 2.84. The lowest BCUT2D eigenvalue weighted by Crippen LogP contribution is -2.29. The number of methoxy groups -OCH3 is 1. The van der Waals surface area contributed by atoms with E-state index in [1.165, 1.54) is 5.56 Å². The van der Waals surface area contributed by atoms with Crippen LogP contribution in [0.5, 0.6) is 11.5 Å². The highest BCUT2D eigenvalue weighted by Crippen LogP contribution is 2.17. The van der Waals surface area contributed by atoms with Crippen LogP contribution in [0.3, 0.4) is 0 Å². The summed E-state index contributed by atoms with van der Waals surface area (Å²) in [7, 11) is 1.63. The van der Waals surface area contributed by atoms with Crippen molar-refractivity contribution in [2.24, 2.45) is 0 Å². The molecule has 0 atom stereocenters. The van der Waals surface area contributed by atoms with Gasteiger partial charge in [-0.05, 0) is 42.0 Å². The molecule has 0 spiro atoms. The van der Waals surface area contributed by atoms with E-state index in [-0.39, 0.29) is 5.91 Å². The summed E-state index contributed by atoms with van der Waals surface area (Å²) in [4.78, 5) is 11.8. The third kappa shape index (κ3) is 6.84. The van der Waals surface area contributed by atoms with Gasteiger partial charge in [-0.3, -0.25) is 4.79 Å². The molecule has 2 aromatic carbocycles. The molecule has 0 aliphatic carbocycles. The highest BCUT2D eigenvalue weighted by molar-refractivity contribution is 9.10. The van der Waals surface area contributed by atoms with E-state index in [2.05, 4.69) is 33.4 Å². The fourth-order valence-corrected chi connectivity index (χ4v) is 3.01. The molecule has 128 valence electrons. The molecular weight excluding hydrogens is 390 g/mol. The average Bonchev–Trinajstić information content (AvgIpc) is 2.61. The van der Waals surface area contributed by atoms with Gasteiger partial charge in [0.1, 0.15) is 18.1 Å². The van der Waals surface area contributed by atoms with Gasteiger partial charge in [-0.25, -0.2) is 0 Å². The van der Waals surface area contributed by atoms with Gasteiger partial charge in [-0.1, -0.05) is 28.1 Å². The van der Waals surface area contributed by atoms with E-state index in [1.807, 2.05) is 36.4 Å². The molecule has 0 unspecified atom stereocenters. The Morgan fingerprint density at radius 2 is 1.75 bits per heavy atom. The molecule has 24 heavy (non-hydrogen) atoms. The van der Waals surface area contributed by atoms with E-state index in [4.69, 9.17) is 9.47 Å². The van der Waals surface area contributed by atoms with Crippen LogP contribution in [0.4, 0.5) is 0 Å². The second-order valence-corrected chi connectivity index (χ2v) is 6.89. The summed E-state index contributed by atoms with van der Waals surface area (Å²) in [6, 6.07) is 15.5. The SMILES string of the molecule is COc1ccc(OCCNC(=O)CSCc2ccc(Br)cc2)cc1. The number of halogens is 1. The molecule has 1 amide bonds. The smallest absolute Gasteiger partial charge is 0.230 e. The molecule has 6 heteroatoms. The number of hydrogen-bond donors (Lipinski definition) is 1. The first-order valence-electron chi connectivity index (χ1n) is 7.53. The van der Waals surface area contributed by atoms with Crippen molar-refractivity contribution in [2.45, 2.75) is 5.75 Å². The van der Waals surface area contributed by atoms with Gasteiger partial charge in [0.2, 0.25) is 5.91 Å². The molecule has 0 bridgehead atoms. The normalized spacial score (nSPS) is 10.2. The second-order valence-electron chi connectivity index (χ2n) is 4.99. The number of benzene rings is 2. The van der Waals surface area contributed by atoms with Crippen LogP contribution in [0.2, 0.25) is 0 Å². The van der Waals surface area contributed by atoms with Crippen molar-refractivity contribution in [2.75, 3.05) is 26.0 Å². The topological polar surface area (TPSA) is 47.6 Å². The van der Waals surface area contributed by atoms with Gasteiger partial charge >= 0.3 is 0 Å². The molecule has 2 aromatic rings. The predicted octanol–water partition coefficient (Wildman–Crippen LogP) is 3.89. The van der Waals surface area contributed by atoms with Crippen molar-refractivity contribution < 1.29 is 14.3 Å². The minimum atomic E-state index is 0.0236. The maximum Gasteiger partial charge on any atom is 0.230 e. The third-order valence-electron chi connectivity index (χ3n) is 3.17. The molecule has 0 saturated carbocycles. The quantitative estimate of drug-likeness (QED) is 0.638. The number of hydrogen-bond acceptors (Lipinski definition) is 4. The number of thioether (sulfide) groups is 1. The summed E-state index contributed by atoms with van der Waals surface area (Å²) in [5, 5.41) is 2.85. The van der Waals surface area contributed by atoms with Gasteiger partial charge in [-0.2, -0.15) is 0 Å². The zero-order valence-corrected chi connectivity index (χ0v) is 15.9. The van der Waals surface area contributed by atoms with Gasteiger partial charge < -0.3 is 14.8 Å². The summed E-state index contributed by atoms with van der Waals surface area (Å²) in [6.07, 6.45) is 0. The third-order valence-corrected chi connectivity index (χ3v) is 4.70. The molecule has 1 N–H and O–H groups in total. The lowest BCUT2D eigenvalue weighted by Gasteiger charge is -2.08. The minimum Gasteiger partial charge on any atom is -0.497 e. The summed E-state index contributed by atoms with van der Waals surface area (Å²) < 4.78 is 11.7. The van der Waals surface area contributed by atoms with Gasteiger partial charge in [0, 0.05) is 10.2 Å². The van der Waals surface area contributed by atoms with Gasteiger partial charge in [0.05, 0.1) is 19.4 Å². The Hall–Kier alpha value is -1.66. The van der Waals surface area contributed by atoms with Crippen LogP contribution in [0.1, 0.15) is 5.56 Å². The molecule has 0 radical (unpaired) electrons. The van der Waals surface area contributed by atoms with Crippen LogP contribution in [-0.2, 0) is 10.5 Å². The van der Waals surface area contributed by atoms with E-state index >= 15 is 0 Å². The standard InChI is InChI=1S/C18H20BrNO3S/c1-22-16-6-8-17(9-7-16)23-11-10-20-18(21)13-24-12-14-2-4-15(19)5-3-14/h2-9H,10-13H2,1H3,(H,20,21). The number of ether oxygens (including phenoxy) is 2. The minimum absolute atomic E-state index is 0.0236. The highest BCUT2D eigenvalue weighted by atomic mass is 79.9. The largest absolute Gasteiger partial charge is 0.497 e. The summed E-state index contributed by atoms with van der Waals surface area (Å²) in [5.41, 5.74) is 1.21. The molecule has 0 saturated heterocycles. The lowest BCUT2D eigenvalue weighted by molar-refractivity contribution is -0.118. The zero-order chi connectivity index (χ0) is 17.2. The fourth-order valence-electron chi connectivity index (χ4n) is 1.92.